The number of ether oxygens (including phenoxy) is 1. The van der Waals surface area contributed by atoms with Crippen LogP contribution in [0.4, 0.5) is 0 Å². The fraction of sp³-hybridized carbons (Fsp3) is 0.267. The molecule has 2 rings (SSSR count). The zero-order valence-electron chi connectivity index (χ0n) is 12.0. The van der Waals surface area contributed by atoms with Crippen molar-refractivity contribution in [2.45, 2.75) is 26.7 Å². The maximum absolute atomic E-state index is 11.6. The normalized spacial score (nSPS) is 10.7. The lowest BCUT2D eigenvalue weighted by Crippen LogP contribution is -2.12. The first-order valence-electron chi connectivity index (χ1n) is 6.50. The van der Waals surface area contributed by atoms with Gasteiger partial charge in [-0.1, -0.05) is 13.8 Å². The average molecular weight is 288 g/mol. The third-order valence-corrected chi connectivity index (χ3v) is 2.93. The predicted molar refractivity (Wildman–Crippen MR) is 77.2 cm³/mol. The van der Waals surface area contributed by atoms with E-state index >= 15 is 0 Å². The molecule has 0 unspecified atom stereocenters. The van der Waals surface area contributed by atoms with E-state index in [1.54, 1.807) is 13.0 Å². The molecule has 0 amide bonds. The van der Waals surface area contributed by atoms with E-state index in [1.165, 1.54) is 18.2 Å². The molecule has 0 atom stereocenters. The Bertz CT molecular complexity index is 735. The van der Waals surface area contributed by atoms with E-state index in [4.69, 9.17) is 9.84 Å². The predicted octanol–water partition coefficient (Wildman–Crippen LogP) is 2.69. The number of aromatic carboxylic acids is 1. The van der Waals surface area contributed by atoms with Crippen molar-refractivity contribution in [1.29, 1.82) is 0 Å². The van der Waals surface area contributed by atoms with E-state index in [0.29, 0.717) is 17.1 Å². The highest BCUT2D eigenvalue weighted by molar-refractivity contribution is 5.89. The standard InChI is InChI=1S/C15H16N2O4/c1-8(2)14-16-12(18)7-13(17-14)21-10-4-5-11(15(19)20)9(3)6-10/h4-8H,1-3H3,(H,19,20)(H,16,17,18). The molecule has 21 heavy (non-hydrogen) atoms. The van der Waals surface area contributed by atoms with Crippen molar-refractivity contribution in [1.82, 2.24) is 9.97 Å². The molecule has 1 heterocycles. The largest absolute Gasteiger partial charge is 0.478 e. The van der Waals surface area contributed by atoms with Crippen molar-refractivity contribution in [3.63, 3.8) is 0 Å². The zero-order valence-corrected chi connectivity index (χ0v) is 12.0. The topological polar surface area (TPSA) is 92.3 Å². The van der Waals surface area contributed by atoms with E-state index in [0.717, 1.165) is 0 Å². The average Bonchev–Trinajstić information content (AvgIpc) is 2.37. The van der Waals surface area contributed by atoms with E-state index in [9.17, 15) is 9.59 Å². The lowest BCUT2D eigenvalue weighted by molar-refractivity contribution is 0.0696. The molecule has 1 aromatic carbocycles. The highest BCUT2D eigenvalue weighted by Crippen LogP contribution is 2.22. The highest BCUT2D eigenvalue weighted by Gasteiger charge is 2.10. The summed E-state index contributed by atoms with van der Waals surface area (Å²) >= 11 is 0. The number of nitrogens with one attached hydrogen (secondary N) is 1. The Morgan fingerprint density at radius 1 is 1.33 bits per heavy atom. The minimum absolute atomic E-state index is 0.0670. The van der Waals surface area contributed by atoms with Gasteiger partial charge in [0.1, 0.15) is 11.6 Å². The quantitative estimate of drug-likeness (QED) is 0.902. The zero-order chi connectivity index (χ0) is 15.6. The molecule has 0 aliphatic heterocycles. The fourth-order valence-electron chi connectivity index (χ4n) is 1.84. The van der Waals surface area contributed by atoms with E-state index in [2.05, 4.69) is 9.97 Å². The summed E-state index contributed by atoms with van der Waals surface area (Å²) in [5, 5.41) is 8.98. The van der Waals surface area contributed by atoms with Gasteiger partial charge in [0, 0.05) is 5.92 Å². The maximum atomic E-state index is 11.6. The Kier molecular flexibility index (Phi) is 4.07. The Morgan fingerprint density at radius 3 is 2.62 bits per heavy atom. The van der Waals surface area contributed by atoms with Gasteiger partial charge in [-0.25, -0.2) is 4.79 Å². The van der Waals surface area contributed by atoms with Gasteiger partial charge in [-0.05, 0) is 30.7 Å². The molecule has 0 saturated heterocycles. The number of benzene rings is 1. The van der Waals surface area contributed by atoms with Crippen LogP contribution in [0.15, 0.2) is 29.1 Å². The van der Waals surface area contributed by atoms with E-state index < -0.39 is 5.97 Å². The summed E-state index contributed by atoms with van der Waals surface area (Å²) < 4.78 is 5.54. The summed E-state index contributed by atoms with van der Waals surface area (Å²) in [6, 6.07) is 5.85. The summed E-state index contributed by atoms with van der Waals surface area (Å²) in [5.41, 5.74) is 0.501. The van der Waals surface area contributed by atoms with Crippen LogP contribution in [0, 0.1) is 6.92 Å². The number of aromatic nitrogens is 2. The van der Waals surface area contributed by atoms with Crippen LogP contribution >= 0.6 is 0 Å². The first-order chi connectivity index (χ1) is 9.86. The molecule has 0 aliphatic carbocycles. The first kappa shape index (κ1) is 14.8. The van der Waals surface area contributed by atoms with Crippen molar-refractivity contribution in [3.05, 3.63) is 51.6 Å². The van der Waals surface area contributed by atoms with Crippen LogP contribution in [0.3, 0.4) is 0 Å². The molecule has 0 radical (unpaired) electrons. The van der Waals surface area contributed by atoms with E-state index in [1.807, 2.05) is 13.8 Å². The minimum Gasteiger partial charge on any atom is -0.478 e. The number of carboxylic acid groups (broad SMARTS) is 1. The van der Waals surface area contributed by atoms with Crippen LogP contribution in [0.1, 0.15) is 41.5 Å². The number of carbonyl (C=O) groups is 1. The Hall–Kier alpha value is -2.63. The van der Waals surface area contributed by atoms with Gasteiger partial charge in [0.25, 0.3) is 5.56 Å². The van der Waals surface area contributed by atoms with Crippen LogP contribution < -0.4 is 10.3 Å². The third kappa shape index (κ3) is 3.47. The Labute approximate surface area is 121 Å². The second-order valence-corrected chi connectivity index (χ2v) is 5.01. The van der Waals surface area contributed by atoms with Gasteiger partial charge in [0.2, 0.25) is 5.88 Å². The lowest BCUT2D eigenvalue weighted by atomic mass is 10.1. The molecule has 0 saturated carbocycles. The smallest absolute Gasteiger partial charge is 0.335 e. The number of rotatable bonds is 4. The summed E-state index contributed by atoms with van der Waals surface area (Å²) in [4.78, 5) is 29.4. The van der Waals surface area contributed by atoms with Gasteiger partial charge >= 0.3 is 5.97 Å². The van der Waals surface area contributed by atoms with E-state index in [-0.39, 0.29) is 22.9 Å². The molecule has 1 aromatic heterocycles. The highest BCUT2D eigenvalue weighted by atomic mass is 16.5. The third-order valence-electron chi connectivity index (χ3n) is 2.93. The molecule has 2 N–H and O–H groups in total. The van der Waals surface area contributed by atoms with Gasteiger partial charge in [-0.2, -0.15) is 4.98 Å². The summed E-state index contributed by atoms with van der Waals surface area (Å²) in [6.45, 7) is 5.50. The lowest BCUT2D eigenvalue weighted by Gasteiger charge is -2.09. The van der Waals surface area contributed by atoms with Crippen molar-refractivity contribution in [2.24, 2.45) is 0 Å². The van der Waals surface area contributed by atoms with Gasteiger partial charge < -0.3 is 14.8 Å². The number of aryl methyl sites for hydroxylation is 1. The molecule has 110 valence electrons. The molecule has 0 aliphatic rings. The summed E-state index contributed by atoms with van der Waals surface area (Å²) in [6.07, 6.45) is 0. The SMILES string of the molecule is Cc1cc(Oc2cc(=O)[nH]c(C(C)C)n2)ccc1C(=O)O. The molecular weight excluding hydrogens is 272 g/mol. The molecule has 2 aromatic rings. The second kappa shape index (κ2) is 5.78. The number of carboxylic acids is 1. The summed E-state index contributed by atoms with van der Waals surface area (Å²) in [5.74, 6) is 0.236. The van der Waals surface area contributed by atoms with Crippen molar-refractivity contribution >= 4 is 5.97 Å². The molecular formula is C15H16N2O4. The second-order valence-electron chi connectivity index (χ2n) is 5.01. The maximum Gasteiger partial charge on any atom is 0.335 e. The number of H-pyrrole nitrogens is 1. The van der Waals surface area contributed by atoms with Crippen LogP contribution in [0.2, 0.25) is 0 Å². The molecule has 0 spiro atoms. The van der Waals surface area contributed by atoms with Gasteiger partial charge in [0.05, 0.1) is 11.6 Å². The molecule has 0 fully saturated rings. The van der Waals surface area contributed by atoms with Crippen LogP contribution in [-0.2, 0) is 0 Å². The fourth-order valence-corrected chi connectivity index (χ4v) is 1.84. The van der Waals surface area contributed by atoms with Crippen molar-refractivity contribution in [3.8, 4) is 11.6 Å². The molecule has 6 nitrogen and oxygen atoms in total. The Balaban J connectivity index is 2.32. The Morgan fingerprint density at radius 2 is 2.05 bits per heavy atom. The van der Waals surface area contributed by atoms with Crippen LogP contribution in [0.25, 0.3) is 0 Å². The van der Waals surface area contributed by atoms with Crippen molar-refractivity contribution in [2.75, 3.05) is 0 Å². The van der Waals surface area contributed by atoms with Gasteiger partial charge in [-0.3, -0.25) is 4.79 Å². The minimum atomic E-state index is -0.990. The van der Waals surface area contributed by atoms with Crippen LogP contribution in [0.5, 0.6) is 11.6 Å². The van der Waals surface area contributed by atoms with Crippen LogP contribution in [-0.4, -0.2) is 21.0 Å². The monoisotopic (exact) mass is 288 g/mol. The number of nitrogens with zero attached hydrogens (tertiary/aromatic N) is 1. The number of hydrogen-bond acceptors (Lipinski definition) is 4. The van der Waals surface area contributed by atoms with Gasteiger partial charge in [-0.15, -0.1) is 0 Å². The number of hydrogen-bond donors (Lipinski definition) is 2. The molecule has 0 bridgehead atoms. The number of aromatic amines is 1. The molecule has 6 heteroatoms. The van der Waals surface area contributed by atoms with Crippen molar-refractivity contribution < 1.29 is 14.6 Å². The summed E-state index contributed by atoms with van der Waals surface area (Å²) in [7, 11) is 0. The van der Waals surface area contributed by atoms with Gasteiger partial charge in [0.15, 0.2) is 0 Å². The first-order valence-corrected chi connectivity index (χ1v) is 6.50.